The van der Waals surface area contributed by atoms with Crippen LogP contribution in [0.2, 0.25) is 10.0 Å². The number of rotatable bonds is 4. The van der Waals surface area contributed by atoms with Gasteiger partial charge in [0.1, 0.15) is 0 Å². The number of nitro benzene ring substituents is 1. The van der Waals surface area contributed by atoms with E-state index in [2.05, 4.69) is 0 Å². The molecular formula is C16H14Cl2N2O3. The summed E-state index contributed by atoms with van der Waals surface area (Å²) in [7, 11) is 1.63. The third kappa shape index (κ3) is 3.81. The van der Waals surface area contributed by atoms with E-state index in [1.807, 2.05) is 0 Å². The average molecular weight is 353 g/mol. The van der Waals surface area contributed by atoms with Gasteiger partial charge in [-0.3, -0.25) is 14.9 Å². The van der Waals surface area contributed by atoms with E-state index in [0.717, 1.165) is 5.56 Å². The monoisotopic (exact) mass is 352 g/mol. The second-order valence-corrected chi connectivity index (χ2v) is 5.93. The highest BCUT2D eigenvalue weighted by atomic mass is 35.5. The molecule has 0 aliphatic carbocycles. The Balaban J connectivity index is 2.24. The van der Waals surface area contributed by atoms with Gasteiger partial charge in [-0.05, 0) is 30.7 Å². The third-order valence-electron chi connectivity index (χ3n) is 3.48. The van der Waals surface area contributed by atoms with E-state index in [4.69, 9.17) is 23.2 Å². The Bertz CT molecular complexity index is 778. The van der Waals surface area contributed by atoms with Crippen molar-refractivity contribution in [3.8, 4) is 0 Å². The fourth-order valence-corrected chi connectivity index (χ4v) is 2.56. The molecule has 0 bridgehead atoms. The number of amides is 1. The Morgan fingerprint density at radius 2 is 1.91 bits per heavy atom. The molecule has 0 radical (unpaired) electrons. The maximum atomic E-state index is 12.5. The summed E-state index contributed by atoms with van der Waals surface area (Å²) in [6, 6.07) is 9.59. The number of nitro groups is 1. The van der Waals surface area contributed by atoms with E-state index >= 15 is 0 Å². The fourth-order valence-electron chi connectivity index (χ4n) is 2.24. The van der Waals surface area contributed by atoms with Crippen LogP contribution >= 0.6 is 23.2 Å². The highest BCUT2D eigenvalue weighted by Gasteiger charge is 2.20. The Morgan fingerprint density at radius 1 is 1.22 bits per heavy atom. The molecule has 0 atom stereocenters. The van der Waals surface area contributed by atoms with Crippen molar-refractivity contribution in [2.45, 2.75) is 13.5 Å². The second-order valence-electron chi connectivity index (χ2n) is 5.12. The van der Waals surface area contributed by atoms with E-state index in [9.17, 15) is 14.9 Å². The third-order valence-corrected chi connectivity index (χ3v) is 4.22. The lowest BCUT2D eigenvalue weighted by Gasteiger charge is -2.18. The normalized spacial score (nSPS) is 10.4. The SMILES string of the molecule is Cc1c(C(=O)N(C)Cc2ccc(Cl)c(Cl)c2)cccc1[N+](=O)[O-]. The van der Waals surface area contributed by atoms with Gasteiger partial charge < -0.3 is 4.90 Å². The molecular weight excluding hydrogens is 339 g/mol. The lowest BCUT2D eigenvalue weighted by atomic mass is 10.1. The van der Waals surface area contributed by atoms with Crippen LogP contribution in [0.15, 0.2) is 36.4 Å². The largest absolute Gasteiger partial charge is 0.337 e. The Kier molecular flexibility index (Phi) is 5.23. The molecule has 1 amide bonds. The molecule has 0 aliphatic heterocycles. The molecule has 5 nitrogen and oxygen atoms in total. The number of halogens is 2. The number of carbonyl (C=O) groups excluding carboxylic acids is 1. The summed E-state index contributed by atoms with van der Waals surface area (Å²) < 4.78 is 0. The first-order valence-electron chi connectivity index (χ1n) is 6.74. The molecule has 0 aromatic heterocycles. The maximum absolute atomic E-state index is 12.5. The zero-order valence-corrected chi connectivity index (χ0v) is 14.1. The van der Waals surface area contributed by atoms with Crippen molar-refractivity contribution in [2.24, 2.45) is 0 Å². The van der Waals surface area contributed by atoms with Gasteiger partial charge in [0.25, 0.3) is 11.6 Å². The van der Waals surface area contributed by atoms with Crippen molar-refractivity contribution in [2.75, 3.05) is 7.05 Å². The molecule has 0 N–H and O–H groups in total. The van der Waals surface area contributed by atoms with Gasteiger partial charge in [0, 0.05) is 30.8 Å². The van der Waals surface area contributed by atoms with Crippen molar-refractivity contribution < 1.29 is 9.72 Å². The van der Waals surface area contributed by atoms with Gasteiger partial charge >= 0.3 is 0 Å². The van der Waals surface area contributed by atoms with Crippen molar-refractivity contribution >= 4 is 34.8 Å². The summed E-state index contributed by atoms with van der Waals surface area (Å²) in [5, 5.41) is 11.8. The minimum Gasteiger partial charge on any atom is -0.337 e. The van der Waals surface area contributed by atoms with Gasteiger partial charge in [0.05, 0.1) is 15.0 Å². The molecule has 2 aromatic rings. The molecule has 0 aliphatic rings. The van der Waals surface area contributed by atoms with E-state index in [1.54, 1.807) is 38.2 Å². The number of carbonyl (C=O) groups is 1. The zero-order valence-electron chi connectivity index (χ0n) is 12.5. The van der Waals surface area contributed by atoms with Crippen LogP contribution in [0.5, 0.6) is 0 Å². The van der Waals surface area contributed by atoms with Crippen LogP contribution in [0.25, 0.3) is 0 Å². The highest BCUT2D eigenvalue weighted by molar-refractivity contribution is 6.42. The first-order chi connectivity index (χ1) is 10.8. The quantitative estimate of drug-likeness (QED) is 0.601. The molecule has 23 heavy (non-hydrogen) atoms. The van der Waals surface area contributed by atoms with Crippen LogP contribution in [0.3, 0.4) is 0 Å². The van der Waals surface area contributed by atoms with Crippen LogP contribution in [0, 0.1) is 17.0 Å². The number of benzene rings is 2. The molecule has 0 unspecified atom stereocenters. The fraction of sp³-hybridized carbons (Fsp3) is 0.188. The molecule has 2 aromatic carbocycles. The van der Waals surface area contributed by atoms with Crippen molar-refractivity contribution in [3.63, 3.8) is 0 Å². The number of hydrogen-bond acceptors (Lipinski definition) is 3. The first kappa shape index (κ1) is 17.2. The molecule has 0 spiro atoms. The van der Waals surface area contributed by atoms with E-state index in [-0.39, 0.29) is 11.6 Å². The molecule has 0 heterocycles. The molecule has 0 saturated heterocycles. The summed E-state index contributed by atoms with van der Waals surface area (Å²) in [6.45, 7) is 1.89. The Labute approximate surface area is 143 Å². The first-order valence-corrected chi connectivity index (χ1v) is 7.50. The topological polar surface area (TPSA) is 63.5 Å². The zero-order chi connectivity index (χ0) is 17.1. The number of hydrogen-bond donors (Lipinski definition) is 0. The van der Waals surface area contributed by atoms with Crippen LogP contribution in [-0.4, -0.2) is 22.8 Å². The van der Waals surface area contributed by atoms with Crippen molar-refractivity contribution in [1.29, 1.82) is 0 Å². The highest BCUT2D eigenvalue weighted by Crippen LogP contribution is 2.25. The predicted molar refractivity (Wildman–Crippen MR) is 90.1 cm³/mol. The Morgan fingerprint density at radius 3 is 2.52 bits per heavy atom. The standard InChI is InChI=1S/C16H14Cl2N2O3/c1-10-12(4-3-5-15(10)20(22)23)16(21)19(2)9-11-6-7-13(17)14(18)8-11/h3-8H,9H2,1-2H3. The van der Waals surface area contributed by atoms with Gasteiger partial charge in [-0.2, -0.15) is 0 Å². The van der Waals surface area contributed by atoms with Gasteiger partial charge in [-0.15, -0.1) is 0 Å². The van der Waals surface area contributed by atoms with Crippen LogP contribution < -0.4 is 0 Å². The van der Waals surface area contributed by atoms with Gasteiger partial charge in [0.2, 0.25) is 0 Å². The molecule has 7 heteroatoms. The molecule has 120 valence electrons. The maximum Gasteiger partial charge on any atom is 0.273 e. The van der Waals surface area contributed by atoms with Gasteiger partial charge in [-0.25, -0.2) is 0 Å². The van der Waals surface area contributed by atoms with Gasteiger partial charge in [-0.1, -0.05) is 35.3 Å². The van der Waals surface area contributed by atoms with Crippen molar-refractivity contribution in [3.05, 3.63) is 73.2 Å². The predicted octanol–water partition coefficient (Wildman–Crippen LogP) is 4.48. The van der Waals surface area contributed by atoms with E-state index < -0.39 is 4.92 Å². The van der Waals surface area contributed by atoms with E-state index in [0.29, 0.717) is 27.7 Å². The lowest BCUT2D eigenvalue weighted by molar-refractivity contribution is -0.385. The molecule has 0 fully saturated rings. The molecule has 2 rings (SSSR count). The summed E-state index contributed by atoms with van der Waals surface area (Å²) in [4.78, 5) is 24.5. The number of nitrogens with zero attached hydrogens (tertiary/aromatic N) is 2. The minimum atomic E-state index is -0.495. The van der Waals surface area contributed by atoms with Crippen LogP contribution in [-0.2, 0) is 6.54 Å². The lowest BCUT2D eigenvalue weighted by Crippen LogP contribution is -2.27. The van der Waals surface area contributed by atoms with E-state index in [1.165, 1.54) is 17.0 Å². The summed E-state index contributed by atoms with van der Waals surface area (Å²) >= 11 is 11.8. The van der Waals surface area contributed by atoms with Crippen molar-refractivity contribution in [1.82, 2.24) is 4.90 Å². The van der Waals surface area contributed by atoms with Gasteiger partial charge in [0.15, 0.2) is 0 Å². The summed E-state index contributed by atoms with van der Waals surface area (Å²) in [5.74, 6) is -0.294. The summed E-state index contributed by atoms with van der Waals surface area (Å²) in [6.07, 6.45) is 0. The van der Waals surface area contributed by atoms with Crippen LogP contribution in [0.1, 0.15) is 21.5 Å². The average Bonchev–Trinajstić information content (AvgIpc) is 2.50. The summed E-state index contributed by atoms with van der Waals surface area (Å²) in [5.41, 5.74) is 1.40. The molecule has 0 saturated carbocycles. The minimum absolute atomic E-state index is 0.0706. The smallest absolute Gasteiger partial charge is 0.273 e. The second kappa shape index (κ2) is 6.98. The van der Waals surface area contributed by atoms with Crippen LogP contribution in [0.4, 0.5) is 5.69 Å². The Hall–Kier alpha value is -2.11.